The molecule has 0 aliphatic heterocycles. The Hall–Kier alpha value is -0.830. The van der Waals surface area contributed by atoms with E-state index in [1.165, 1.54) is 11.1 Å². The Morgan fingerprint density at radius 1 is 0.571 bits per heavy atom. The Morgan fingerprint density at radius 2 is 0.857 bits per heavy atom. The van der Waals surface area contributed by atoms with Gasteiger partial charge in [-0.05, 0) is 16.1 Å². The van der Waals surface area contributed by atoms with Crippen molar-refractivity contribution in [2.75, 3.05) is 4.93 Å². The molecule has 2 aromatic rings. The number of benzene rings is 2. The zero-order valence-corrected chi connectivity index (χ0v) is 10.3. The third-order valence-electron chi connectivity index (χ3n) is 1.88. The summed E-state index contributed by atoms with van der Waals surface area (Å²) in [6.45, 7) is 0. The Balaban J connectivity index is 0.000000461. The molecule has 0 aliphatic rings. The molecule has 0 radical (unpaired) electrons. The second-order valence-corrected chi connectivity index (χ2v) is 2.73. The monoisotopic (exact) mass is 296 g/mol. The minimum absolute atomic E-state index is 1.28. The van der Waals surface area contributed by atoms with Gasteiger partial charge in [0.25, 0.3) is 0 Å². The van der Waals surface area contributed by atoms with Crippen LogP contribution in [0.15, 0.2) is 60.7 Å². The highest BCUT2D eigenvalue weighted by Crippen LogP contribution is 2.17. The van der Waals surface area contributed by atoms with Gasteiger partial charge in [-0.15, -0.1) is 0 Å². The molecule has 0 heterocycles. The van der Waals surface area contributed by atoms with E-state index < -0.39 is 0 Å². The lowest BCUT2D eigenvalue weighted by atomic mass is 10.1. The van der Waals surface area contributed by atoms with E-state index in [2.05, 4.69) is 71.1 Å². The predicted octanol–water partition coefficient (Wildman–Crippen LogP) is 4.40. The summed E-state index contributed by atoms with van der Waals surface area (Å²) in [4.78, 5) is 1.97. The Kier molecular flexibility index (Phi) is 5.30. The maximum Gasteiger partial charge on any atom is -0.0121 e. The summed E-state index contributed by atoms with van der Waals surface area (Å²) in [5.74, 6) is 0. The van der Waals surface area contributed by atoms with E-state index in [1.54, 1.807) is 0 Å². The van der Waals surface area contributed by atoms with Gasteiger partial charge in [-0.25, -0.2) is 0 Å². The maximum atomic E-state index is 2.15. The predicted molar refractivity (Wildman–Crippen MR) is 71.8 cm³/mol. The van der Waals surface area contributed by atoms with Crippen molar-refractivity contribution in [3.05, 3.63) is 60.7 Å². The fourth-order valence-corrected chi connectivity index (χ4v) is 1.26. The average Bonchev–Trinajstić information content (AvgIpc) is 2.34. The minimum Gasteiger partial charge on any atom is -0.0901 e. The van der Waals surface area contributed by atoms with Gasteiger partial charge < -0.3 is 0 Å². The van der Waals surface area contributed by atoms with Gasteiger partial charge in [-0.2, -0.15) is 0 Å². The molecule has 0 unspecified atom stereocenters. The average molecular weight is 296 g/mol. The van der Waals surface area contributed by atoms with Crippen LogP contribution in [-0.2, 0) is 0 Å². The van der Waals surface area contributed by atoms with Crippen molar-refractivity contribution in [3.63, 3.8) is 0 Å². The van der Waals surface area contributed by atoms with Crippen LogP contribution < -0.4 is 0 Å². The van der Waals surface area contributed by atoms with E-state index in [0.717, 1.165) is 0 Å². The molecule has 0 bridgehead atoms. The van der Waals surface area contributed by atoms with Crippen LogP contribution >= 0.6 is 22.6 Å². The molecule has 0 atom stereocenters. The summed E-state index contributed by atoms with van der Waals surface area (Å²) < 4.78 is 0. The molecule has 0 nitrogen and oxygen atoms in total. The van der Waals surface area contributed by atoms with Gasteiger partial charge in [0.05, 0.1) is 0 Å². The van der Waals surface area contributed by atoms with E-state index in [0.29, 0.717) is 0 Å². The molecule has 0 fully saturated rings. The maximum absolute atomic E-state index is 2.15. The van der Waals surface area contributed by atoms with Crippen molar-refractivity contribution in [1.82, 2.24) is 0 Å². The highest BCUT2D eigenvalue weighted by Gasteiger charge is 1.91. The number of hydrogen-bond acceptors (Lipinski definition) is 0. The van der Waals surface area contributed by atoms with Crippen LogP contribution in [0.4, 0.5) is 0 Å². The van der Waals surface area contributed by atoms with E-state index in [-0.39, 0.29) is 0 Å². The minimum atomic E-state index is 1.28. The smallest absolute Gasteiger partial charge is 0.0121 e. The standard InChI is InChI=1S/C12H10.CH3I/c1-3-7-11(8-4-1)12-9-5-2-6-10-12;1-2/h1-10H;1H3. The second-order valence-electron chi connectivity index (χ2n) is 2.73. The molecular weight excluding hydrogens is 283 g/mol. The molecule has 0 saturated heterocycles. The van der Waals surface area contributed by atoms with Gasteiger partial charge in [0.15, 0.2) is 0 Å². The van der Waals surface area contributed by atoms with E-state index >= 15 is 0 Å². The Labute approximate surface area is 99.1 Å². The van der Waals surface area contributed by atoms with Crippen molar-refractivity contribution < 1.29 is 0 Å². The van der Waals surface area contributed by atoms with Crippen LogP contribution in [0, 0.1) is 0 Å². The molecule has 0 N–H and O–H groups in total. The van der Waals surface area contributed by atoms with Gasteiger partial charge in [0, 0.05) is 0 Å². The fourth-order valence-electron chi connectivity index (χ4n) is 1.26. The first kappa shape index (κ1) is 11.2. The molecule has 0 aliphatic carbocycles. The Morgan fingerprint density at radius 3 is 1.14 bits per heavy atom. The first-order chi connectivity index (χ1) is 6.97. The van der Waals surface area contributed by atoms with Crippen molar-refractivity contribution in [2.45, 2.75) is 0 Å². The molecule has 2 aromatic carbocycles. The molecule has 1 heteroatoms. The largest absolute Gasteiger partial charge is 0.0901 e. The van der Waals surface area contributed by atoms with Gasteiger partial charge in [0.1, 0.15) is 0 Å². The number of alkyl halides is 1. The van der Waals surface area contributed by atoms with Gasteiger partial charge in [-0.1, -0.05) is 83.3 Å². The Bertz CT molecular complexity index is 303. The van der Waals surface area contributed by atoms with E-state index in [1.807, 2.05) is 17.1 Å². The lowest BCUT2D eigenvalue weighted by molar-refractivity contribution is 1.62. The quantitative estimate of drug-likeness (QED) is 0.540. The normalized spacial score (nSPS) is 8.71. The summed E-state index contributed by atoms with van der Waals surface area (Å²) in [6, 6.07) is 20.8. The highest BCUT2D eigenvalue weighted by molar-refractivity contribution is 14.1. The van der Waals surface area contributed by atoms with E-state index in [9.17, 15) is 0 Å². The zero-order chi connectivity index (χ0) is 10.2. The first-order valence-corrected chi connectivity index (χ1v) is 6.61. The second kappa shape index (κ2) is 6.60. The highest BCUT2D eigenvalue weighted by atomic mass is 127. The third-order valence-corrected chi connectivity index (χ3v) is 1.88. The number of hydrogen-bond donors (Lipinski definition) is 0. The summed E-state index contributed by atoms with van der Waals surface area (Å²) in [6.07, 6.45) is 0. The molecular formula is C13H13I. The van der Waals surface area contributed by atoms with Crippen LogP contribution in [0.25, 0.3) is 11.1 Å². The summed E-state index contributed by atoms with van der Waals surface area (Å²) in [7, 11) is 0. The fraction of sp³-hybridized carbons (Fsp3) is 0.0769. The van der Waals surface area contributed by atoms with Crippen molar-refractivity contribution in [1.29, 1.82) is 0 Å². The molecule has 0 spiro atoms. The van der Waals surface area contributed by atoms with Gasteiger partial charge in [0.2, 0.25) is 0 Å². The van der Waals surface area contributed by atoms with Crippen molar-refractivity contribution >= 4 is 22.6 Å². The molecule has 72 valence electrons. The zero-order valence-electron chi connectivity index (χ0n) is 8.15. The van der Waals surface area contributed by atoms with Crippen LogP contribution in [0.1, 0.15) is 0 Å². The number of halogens is 1. The third kappa shape index (κ3) is 3.14. The van der Waals surface area contributed by atoms with Crippen LogP contribution in [-0.4, -0.2) is 4.93 Å². The summed E-state index contributed by atoms with van der Waals surface area (Å²) in [5.41, 5.74) is 2.55. The van der Waals surface area contributed by atoms with Crippen LogP contribution in [0.3, 0.4) is 0 Å². The molecule has 0 amide bonds. The molecule has 14 heavy (non-hydrogen) atoms. The number of rotatable bonds is 1. The molecule has 0 saturated carbocycles. The van der Waals surface area contributed by atoms with E-state index in [4.69, 9.17) is 0 Å². The molecule has 2 rings (SSSR count). The lowest BCUT2D eigenvalue weighted by Crippen LogP contribution is -1.73. The van der Waals surface area contributed by atoms with Gasteiger partial charge in [-0.3, -0.25) is 0 Å². The summed E-state index contributed by atoms with van der Waals surface area (Å²) in [5, 5.41) is 0. The molecule has 0 aromatic heterocycles. The topological polar surface area (TPSA) is 0 Å². The van der Waals surface area contributed by atoms with Crippen LogP contribution in [0.2, 0.25) is 0 Å². The van der Waals surface area contributed by atoms with Crippen molar-refractivity contribution in [2.24, 2.45) is 0 Å². The SMILES string of the molecule is CI.c1ccc(-c2ccccc2)cc1. The lowest BCUT2D eigenvalue weighted by Gasteiger charge is -1.98. The first-order valence-electron chi connectivity index (χ1n) is 4.45. The van der Waals surface area contributed by atoms with Gasteiger partial charge >= 0.3 is 0 Å². The summed E-state index contributed by atoms with van der Waals surface area (Å²) >= 11 is 2.15. The van der Waals surface area contributed by atoms with Crippen LogP contribution in [0.5, 0.6) is 0 Å². The van der Waals surface area contributed by atoms with Crippen molar-refractivity contribution in [3.8, 4) is 11.1 Å².